The topological polar surface area (TPSA) is 82.0 Å². The van der Waals surface area contributed by atoms with E-state index >= 15 is 0 Å². The van der Waals surface area contributed by atoms with E-state index in [2.05, 4.69) is 10.6 Å². The van der Waals surface area contributed by atoms with E-state index in [0.717, 1.165) is 12.8 Å². The van der Waals surface area contributed by atoms with E-state index in [1.165, 1.54) is 0 Å². The Balaban J connectivity index is 1.55. The molecule has 0 heterocycles. The summed E-state index contributed by atoms with van der Waals surface area (Å²) >= 11 is 0. The number of nitriles is 1. The largest absolute Gasteiger partial charge is 0.353 e. The molecule has 2 saturated carbocycles. The van der Waals surface area contributed by atoms with Crippen LogP contribution >= 0.6 is 0 Å². The van der Waals surface area contributed by atoms with Crippen LogP contribution in [0.4, 0.5) is 5.69 Å². The number of benzene rings is 1. The third kappa shape index (κ3) is 2.80. The Bertz CT molecular complexity index is 601. The minimum absolute atomic E-state index is 0.00146. The van der Waals surface area contributed by atoms with Gasteiger partial charge in [-0.25, -0.2) is 0 Å². The summed E-state index contributed by atoms with van der Waals surface area (Å²) in [4.78, 5) is 23.8. The number of amides is 2. The molecular formula is C15H15N3O2. The number of carbonyl (C=O) groups is 2. The summed E-state index contributed by atoms with van der Waals surface area (Å²) in [6.45, 7) is 0. The van der Waals surface area contributed by atoms with E-state index in [1.807, 2.05) is 6.07 Å². The number of carbonyl (C=O) groups excluding carboxylic acids is 2. The molecule has 0 aliphatic heterocycles. The summed E-state index contributed by atoms with van der Waals surface area (Å²) in [5.41, 5.74) is 1.10. The number of nitrogens with one attached hydrogen (secondary N) is 2. The van der Waals surface area contributed by atoms with Crippen molar-refractivity contribution >= 4 is 17.5 Å². The number of anilines is 1. The van der Waals surface area contributed by atoms with Gasteiger partial charge in [0.05, 0.1) is 23.5 Å². The zero-order valence-corrected chi connectivity index (χ0v) is 10.9. The Morgan fingerprint density at radius 3 is 2.65 bits per heavy atom. The van der Waals surface area contributed by atoms with E-state index in [-0.39, 0.29) is 23.7 Å². The second-order valence-electron chi connectivity index (χ2n) is 5.41. The Kier molecular flexibility index (Phi) is 3.15. The minimum atomic E-state index is -0.237. The van der Waals surface area contributed by atoms with E-state index in [0.29, 0.717) is 23.7 Å². The number of hydrogen-bond acceptors (Lipinski definition) is 3. The molecule has 2 N–H and O–H groups in total. The molecule has 1 aromatic rings. The second-order valence-corrected chi connectivity index (χ2v) is 5.41. The summed E-state index contributed by atoms with van der Waals surface area (Å²) in [6, 6.07) is 9.12. The lowest BCUT2D eigenvalue weighted by Gasteiger charge is -2.05. The van der Waals surface area contributed by atoms with Gasteiger partial charge in [-0.3, -0.25) is 9.59 Å². The van der Waals surface area contributed by atoms with Crippen LogP contribution in [-0.2, 0) is 9.59 Å². The lowest BCUT2D eigenvalue weighted by atomic mass is 10.2. The summed E-state index contributed by atoms with van der Waals surface area (Å²) in [5, 5.41) is 14.5. The van der Waals surface area contributed by atoms with Gasteiger partial charge >= 0.3 is 0 Å². The van der Waals surface area contributed by atoms with Crippen LogP contribution in [0.25, 0.3) is 0 Å². The summed E-state index contributed by atoms with van der Waals surface area (Å²) in [5.74, 6) is -0.566. The van der Waals surface area contributed by atoms with Crippen molar-refractivity contribution in [2.24, 2.45) is 11.8 Å². The molecule has 0 radical (unpaired) electrons. The van der Waals surface area contributed by atoms with Crippen LogP contribution in [0.2, 0.25) is 0 Å². The van der Waals surface area contributed by atoms with E-state index < -0.39 is 0 Å². The van der Waals surface area contributed by atoms with Gasteiger partial charge in [0.1, 0.15) is 0 Å². The molecule has 2 fully saturated rings. The molecular weight excluding hydrogens is 254 g/mol. The molecule has 1 aromatic carbocycles. The van der Waals surface area contributed by atoms with Gasteiger partial charge in [0.2, 0.25) is 11.8 Å². The molecule has 5 heteroatoms. The van der Waals surface area contributed by atoms with Crippen molar-refractivity contribution in [2.75, 3.05) is 5.32 Å². The number of nitrogens with zero attached hydrogens (tertiary/aromatic N) is 1. The molecule has 0 saturated heterocycles. The normalized spacial score (nSPS) is 23.6. The summed E-state index contributed by atoms with van der Waals surface area (Å²) < 4.78 is 0. The average molecular weight is 269 g/mol. The first-order valence-electron chi connectivity index (χ1n) is 6.79. The molecule has 3 rings (SSSR count). The first kappa shape index (κ1) is 12.7. The van der Waals surface area contributed by atoms with Crippen molar-refractivity contribution in [1.29, 1.82) is 5.26 Å². The summed E-state index contributed by atoms with van der Waals surface area (Å²) in [6.07, 6.45) is 2.72. The Morgan fingerprint density at radius 1 is 1.20 bits per heavy atom. The van der Waals surface area contributed by atoms with Crippen molar-refractivity contribution in [3.63, 3.8) is 0 Å². The highest BCUT2D eigenvalue weighted by atomic mass is 16.2. The van der Waals surface area contributed by atoms with Gasteiger partial charge in [0.25, 0.3) is 0 Å². The molecule has 0 bridgehead atoms. The van der Waals surface area contributed by atoms with Crippen LogP contribution in [0.5, 0.6) is 0 Å². The second kappa shape index (κ2) is 4.97. The van der Waals surface area contributed by atoms with Gasteiger partial charge in [-0.15, -0.1) is 0 Å². The Hall–Kier alpha value is -2.35. The standard InChI is InChI=1S/C15H15N3O2/c16-8-9-2-1-3-11(6-9)18-15(20)13-7-12(13)14(19)17-10-4-5-10/h1-3,6,10,12-13H,4-5,7H2,(H,17,19)(H,18,20). The van der Waals surface area contributed by atoms with Crippen LogP contribution in [-0.4, -0.2) is 17.9 Å². The lowest BCUT2D eigenvalue weighted by molar-refractivity contribution is -0.125. The molecule has 0 aromatic heterocycles. The maximum Gasteiger partial charge on any atom is 0.228 e. The monoisotopic (exact) mass is 269 g/mol. The quantitative estimate of drug-likeness (QED) is 0.867. The van der Waals surface area contributed by atoms with Crippen LogP contribution in [0.1, 0.15) is 24.8 Å². The molecule has 0 spiro atoms. The van der Waals surface area contributed by atoms with Gasteiger partial charge in [-0.05, 0) is 37.5 Å². The maximum absolute atomic E-state index is 12.0. The van der Waals surface area contributed by atoms with Gasteiger partial charge < -0.3 is 10.6 Å². The fraction of sp³-hybridized carbons (Fsp3) is 0.400. The molecule has 2 aliphatic carbocycles. The molecule has 2 amide bonds. The zero-order valence-electron chi connectivity index (χ0n) is 10.9. The maximum atomic E-state index is 12.0. The van der Waals surface area contributed by atoms with Gasteiger partial charge in [0.15, 0.2) is 0 Å². The molecule has 5 nitrogen and oxygen atoms in total. The Morgan fingerprint density at radius 2 is 1.95 bits per heavy atom. The smallest absolute Gasteiger partial charge is 0.228 e. The summed E-state index contributed by atoms with van der Waals surface area (Å²) in [7, 11) is 0. The van der Waals surface area contributed by atoms with Crippen LogP contribution in [0.3, 0.4) is 0 Å². The highest BCUT2D eigenvalue weighted by Crippen LogP contribution is 2.40. The van der Waals surface area contributed by atoms with Crippen LogP contribution < -0.4 is 10.6 Å². The van der Waals surface area contributed by atoms with E-state index in [1.54, 1.807) is 24.3 Å². The lowest BCUT2D eigenvalue weighted by Crippen LogP contribution is -2.29. The first-order chi connectivity index (χ1) is 9.67. The molecule has 2 atom stereocenters. The molecule has 2 aliphatic rings. The molecule has 102 valence electrons. The number of rotatable bonds is 4. The van der Waals surface area contributed by atoms with Crippen molar-refractivity contribution in [1.82, 2.24) is 5.32 Å². The fourth-order valence-corrected chi connectivity index (χ4v) is 2.21. The fourth-order valence-electron chi connectivity index (χ4n) is 2.21. The minimum Gasteiger partial charge on any atom is -0.353 e. The Labute approximate surface area is 117 Å². The van der Waals surface area contributed by atoms with Crippen molar-refractivity contribution in [3.05, 3.63) is 29.8 Å². The average Bonchev–Trinajstić information content (AvgIpc) is 3.32. The molecule has 20 heavy (non-hydrogen) atoms. The van der Waals surface area contributed by atoms with E-state index in [4.69, 9.17) is 5.26 Å². The predicted molar refractivity (Wildman–Crippen MR) is 72.5 cm³/mol. The van der Waals surface area contributed by atoms with E-state index in [9.17, 15) is 9.59 Å². The third-order valence-electron chi connectivity index (χ3n) is 3.65. The van der Waals surface area contributed by atoms with Crippen molar-refractivity contribution in [3.8, 4) is 6.07 Å². The van der Waals surface area contributed by atoms with Crippen LogP contribution in [0, 0.1) is 23.2 Å². The predicted octanol–water partition coefficient (Wildman–Crippen LogP) is 1.41. The molecule has 2 unspecified atom stereocenters. The van der Waals surface area contributed by atoms with Crippen molar-refractivity contribution in [2.45, 2.75) is 25.3 Å². The SMILES string of the molecule is N#Cc1cccc(NC(=O)C2CC2C(=O)NC2CC2)c1. The van der Waals surface area contributed by atoms with Crippen molar-refractivity contribution < 1.29 is 9.59 Å². The van der Waals surface area contributed by atoms with Crippen LogP contribution in [0.15, 0.2) is 24.3 Å². The zero-order chi connectivity index (χ0) is 14.1. The van der Waals surface area contributed by atoms with Gasteiger partial charge in [-0.1, -0.05) is 6.07 Å². The highest BCUT2D eigenvalue weighted by Gasteiger charge is 2.48. The third-order valence-corrected chi connectivity index (χ3v) is 3.65. The highest BCUT2D eigenvalue weighted by molar-refractivity contribution is 5.99. The van der Waals surface area contributed by atoms with Gasteiger partial charge in [-0.2, -0.15) is 5.26 Å². The number of hydrogen-bond donors (Lipinski definition) is 2. The van der Waals surface area contributed by atoms with Gasteiger partial charge in [0, 0.05) is 11.7 Å². The first-order valence-corrected chi connectivity index (χ1v) is 6.79.